The zero-order valence-corrected chi connectivity index (χ0v) is 23.1. The van der Waals surface area contributed by atoms with E-state index in [4.69, 9.17) is 18.3 Å². The molecule has 6 heteroatoms. The molecule has 1 atom stereocenters. The van der Waals surface area contributed by atoms with Gasteiger partial charge in [-0.05, 0) is 47.0 Å². The summed E-state index contributed by atoms with van der Waals surface area (Å²) in [6, 6.07) is 29.7. The number of fused-ring (bicyclic) bond motifs is 2. The molecule has 6 aromatic rings. The van der Waals surface area contributed by atoms with Gasteiger partial charge in [-0.3, -0.25) is 0 Å². The molecule has 1 unspecified atom stereocenters. The number of hydrogen-bond donors (Lipinski definition) is 0. The Morgan fingerprint density at radius 3 is 2.51 bits per heavy atom. The number of oxazole rings is 1. The van der Waals surface area contributed by atoms with Crippen LogP contribution in [0.1, 0.15) is 31.1 Å². The number of para-hydroxylation sites is 1. The van der Waals surface area contributed by atoms with Gasteiger partial charge in [-0.15, -0.1) is 0 Å². The average Bonchev–Trinajstić information content (AvgIpc) is 3.64. The molecule has 0 fully saturated rings. The third-order valence-electron chi connectivity index (χ3n) is 7.25. The lowest BCUT2D eigenvalue weighted by Gasteiger charge is -2.17. The van der Waals surface area contributed by atoms with Gasteiger partial charge in [0.05, 0.1) is 18.9 Å². The van der Waals surface area contributed by atoms with Gasteiger partial charge in [0.1, 0.15) is 17.1 Å². The number of carbonyl (C=O) groups is 1. The molecule has 206 valence electrons. The standard InChI is InChI=1S/C35H31NO5/c1-3-4-13-30-33(28-12-8-9-14-29(28)40-30)34-36-22-32(41-34)26-16-15-25-21-27(18-17-24(25)20-26)39-31(35(37)38-2)19-23-10-6-5-7-11-23/h5-12,14-18,20-22,31H,3-4,13,19H2,1-2H3. The van der Waals surface area contributed by atoms with Crippen LogP contribution in [0.15, 0.2) is 106 Å². The lowest BCUT2D eigenvalue weighted by molar-refractivity contribution is -0.148. The predicted octanol–water partition coefficient (Wildman–Crippen LogP) is 8.41. The smallest absolute Gasteiger partial charge is 0.347 e. The minimum Gasteiger partial charge on any atom is -0.478 e. The number of hydrogen-bond acceptors (Lipinski definition) is 6. The quantitative estimate of drug-likeness (QED) is 0.161. The van der Waals surface area contributed by atoms with Crippen LogP contribution < -0.4 is 4.74 Å². The van der Waals surface area contributed by atoms with E-state index in [-0.39, 0.29) is 0 Å². The highest BCUT2D eigenvalue weighted by molar-refractivity contribution is 5.94. The zero-order valence-electron chi connectivity index (χ0n) is 23.1. The van der Waals surface area contributed by atoms with E-state index in [9.17, 15) is 4.79 Å². The second kappa shape index (κ2) is 11.7. The Morgan fingerprint density at radius 2 is 1.68 bits per heavy atom. The number of methoxy groups -OCH3 is 1. The lowest BCUT2D eigenvalue weighted by Crippen LogP contribution is -2.30. The van der Waals surface area contributed by atoms with Crippen LogP contribution in [-0.4, -0.2) is 24.2 Å². The highest BCUT2D eigenvalue weighted by Crippen LogP contribution is 2.37. The molecular weight excluding hydrogens is 514 g/mol. The fourth-order valence-corrected chi connectivity index (χ4v) is 5.11. The summed E-state index contributed by atoms with van der Waals surface area (Å²) in [5.41, 5.74) is 3.69. The van der Waals surface area contributed by atoms with Gasteiger partial charge in [-0.2, -0.15) is 0 Å². The fraction of sp³-hybridized carbons (Fsp3) is 0.200. The van der Waals surface area contributed by atoms with Crippen molar-refractivity contribution in [3.63, 3.8) is 0 Å². The van der Waals surface area contributed by atoms with Crippen LogP contribution in [-0.2, 0) is 22.4 Å². The van der Waals surface area contributed by atoms with Gasteiger partial charge in [-0.1, -0.05) is 80.1 Å². The number of rotatable bonds is 10. The molecule has 0 aliphatic carbocycles. The maximum absolute atomic E-state index is 12.4. The first-order valence-corrected chi connectivity index (χ1v) is 13.9. The van der Waals surface area contributed by atoms with E-state index in [0.717, 1.165) is 63.5 Å². The molecule has 0 saturated heterocycles. The Bertz CT molecular complexity index is 1800. The number of nitrogens with zero attached hydrogens (tertiary/aromatic N) is 1. The summed E-state index contributed by atoms with van der Waals surface area (Å²) < 4.78 is 23.6. The van der Waals surface area contributed by atoms with Crippen molar-refractivity contribution >= 4 is 27.7 Å². The van der Waals surface area contributed by atoms with Crippen LogP contribution >= 0.6 is 0 Å². The summed E-state index contributed by atoms with van der Waals surface area (Å²) in [6.45, 7) is 2.17. The summed E-state index contributed by atoms with van der Waals surface area (Å²) in [5, 5.41) is 3.01. The summed E-state index contributed by atoms with van der Waals surface area (Å²) >= 11 is 0. The predicted molar refractivity (Wildman–Crippen MR) is 160 cm³/mol. The maximum atomic E-state index is 12.4. The van der Waals surface area contributed by atoms with E-state index in [1.54, 1.807) is 6.20 Å². The molecule has 4 aromatic carbocycles. The largest absolute Gasteiger partial charge is 0.478 e. The third kappa shape index (κ3) is 5.59. The Balaban J connectivity index is 1.26. The van der Waals surface area contributed by atoms with E-state index in [1.807, 2.05) is 84.9 Å². The molecule has 0 aliphatic heterocycles. The monoisotopic (exact) mass is 545 g/mol. The molecular formula is C35H31NO5. The summed E-state index contributed by atoms with van der Waals surface area (Å²) in [5.74, 6) is 2.35. The third-order valence-corrected chi connectivity index (χ3v) is 7.25. The van der Waals surface area contributed by atoms with Crippen LogP contribution in [0.4, 0.5) is 0 Å². The van der Waals surface area contributed by atoms with Gasteiger partial charge in [-0.25, -0.2) is 9.78 Å². The molecule has 0 radical (unpaired) electrons. The number of aryl methyl sites for hydroxylation is 1. The Kier molecular flexibility index (Phi) is 7.54. The van der Waals surface area contributed by atoms with Crippen molar-refractivity contribution in [3.8, 4) is 28.5 Å². The molecule has 0 spiro atoms. The maximum Gasteiger partial charge on any atom is 0.347 e. The molecule has 41 heavy (non-hydrogen) atoms. The highest BCUT2D eigenvalue weighted by atomic mass is 16.6. The van der Waals surface area contributed by atoms with Gasteiger partial charge in [0.25, 0.3) is 0 Å². The second-order valence-corrected chi connectivity index (χ2v) is 10.1. The first kappa shape index (κ1) is 26.4. The van der Waals surface area contributed by atoms with E-state index in [1.165, 1.54) is 7.11 Å². The van der Waals surface area contributed by atoms with Crippen LogP contribution in [0, 0.1) is 0 Å². The van der Waals surface area contributed by atoms with Gasteiger partial charge < -0.3 is 18.3 Å². The van der Waals surface area contributed by atoms with Crippen LogP contribution in [0.5, 0.6) is 5.75 Å². The number of benzene rings is 4. The fourth-order valence-electron chi connectivity index (χ4n) is 5.11. The van der Waals surface area contributed by atoms with Crippen molar-refractivity contribution in [2.45, 2.75) is 38.7 Å². The van der Waals surface area contributed by atoms with Gasteiger partial charge in [0.2, 0.25) is 5.89 Å². The van der Waals surface area contributed by atoms with Gasteiger partial charge in [0.15, 0.2) is 11.9 Å². The van der Waals surface area contributed by atoms with Crippen LogP contribution in [0.3, 0.4) is 0 Å². The summed E-state index contributed by atoms with van der Waals surface area (Å²) in [4.78, 5) is 17.1. The second-order valence-electron chi connectivity index (χ2n) is 10.1. The molecule has 0 saturated carbocycles. The summed E-state index contributed by atoms with van der Waals surface area (Å²) in [6.07, 6.45) is 4.39. The Morgan fingerprint density at radius 1 is 0.902 bits per heavy atom. The highest BCUT2D eigenvalue weighted by Gasteiger charge is 2.23. The van der Waals surface area contributed by atoms with Crippen molar-refractivity contribution in [2.75, 3.05) is 7.11 Å². The number of carbonyl (C=O) groups excluding carboxylic acids is 1. The molecule has 0 bridgehead atoms. The molecule has 0 aliphatic rings. The zero-order chi connectivity index (χ0) is 28.2. The Hall–Kier alpha value is -4.84. The average molecular weight is 546 g/mol. The van der Waals surface area contributed by atoms with Crippen LogP contribution in [0.25, 0.3) is 44.5 Å². The van der Waals surface area contributed by atoms with Crippen molar-refractivity contribution in [2.24, 2.45) is 0 Å². The number of furan rings is 1. The normalized spacial score (nSPS) is 12.0. The minimum absolute atomic E-state index is 0.409. The minimum atomic E-state index is -0.743. The summed E-state index contributed by atoms with van der Waals surface area (Å²) in [7, 11) is 1.38. The van der Waals surface area contributed by atoms with E-state index in [2.05, 4.69) is 18.0 Å². The molecule has 6 nitrogen and oxygen atoms in total. The topological polar surface area (TPSA) is 74.7 Å². The Labute approximate surface area is 238 Å². The van der Waals surface area contributed by atoms with Crippen molar-refractivity contribution in [3.05, 3.63) is 109 Å². The van der Waals surface area contributed by atoms with Gasteiger partial charge in [0, 0.05) is 23.8 Å². The van der Waals surface area contributed by atoms with Gasteiger partial charge >= 0.3 is 5.97 Å². The number of aromatic nitrogens is 1. The van der Waals surface area contributed by atoms with Crippen molar-refractivity contribution in [1.29, 1.82) is 0 Å². The van der Waals surface area contributed by atoms with E-state index in [0.29, 0.717) is 23.8 Å². The van der Waals surface area contributed by atoms with Crippen LogP contribution in [0.2, 0.25) is 0 Å². The number of unbranched alkanes of at least 4 members (excludes halogenated alkanes) is 1. The van der Waals surface area contributed by atoms with Crippen molar-refractivity contribution in [1.82, 2.24) is 4.98 Å². The molecule has 6 rings (SSSR count). The lowest BCUT2D eigenvalue weighted by atomic mass is 10.1. The SMILES string of the molecule is CCCCc1oc2ccccc2c1-c1ncc(-c2ccc3cc(OC(Cc4ccccc4)C(=O)OC)ccc3c2)o1. The number of ether oxygens (including phenoxy) is 2. The number of esters is 1. The molecule has 2 heterocycles. The van der Waals surface area contributed by atoms with Crippen molar-refractivity contribution < 1.29 is 23.1 Å². The first-order chi connectivity index (χ1) is 20.1. The molecule has 0 N–H and O–H groups in total. The molecule has 2 aromatic heterocycles. The van der Waals surface area contributed by atoms with E-state index < -0.39 is 12.1 Å². The van der Waals surface area contributed by atoms with E-state index >= 15 is 0 Å². The molecule has 0 amide bonds. The first-order valence-electron chi connectivity index (χ1n) is 13.9.